The molecule has 3 rings (SSSR count). The molecule has 1 saturated carbocycles. The van der Waals surface area contributed by atoms with E-state index in [1.807, 2.05) is 18.2 Å². The van der Waals surface area contributed by atoms with E-state index in [2.05, 4.69) is 27.4 Å². The van der Waals surface area contributed by atoms with Crippen molar-refractivity contribution in [2.75, 3.05) is 11.9 Å². The maximum Gasteiger partial charge on any atom is 0.341 e. The van der Waals surface area contributed by atoms with Gasteiger partial charge in [-0.3, -0.25) is 0 Å². The SMILES string of the molecule is CCOC(=O)c1cnc(NC2(c3ccccc3)CCC2)nc1. The summed E-state index contributed by atoms with van der Waals surface area (Å²) in [6, 6.07) is 10.3. The maximum absolute atomic E-state index is 11.6. The lowest BCUT2D eigenvalue weighted by Crippen LogP contribution is -2.42. The highest BCUT2D eigenvalue weighted by molar-refractivity contribution is 5.88. The molecule has 5 heteroatoms. The van der Waals surface area contributed by atoms with Crippen LogP contribution >= 0.6 is 0 Å². The van der Waals surface area contributed by atoms with Crippen LogP contribution in [-0.2, 0) is 10.3 Å². The average molecular weight is 297 g/mol. The third kappa shape index (κ3) is 2.79. The number of hydrogen-bond donors (Lipinski definition) is 1. The van der Waals surface area contributed by atoms with E-state index in [1.54, 1.807) is 6.92 Å². The van der Waals surface area contributed by atoms with E-state index in [1.165, 1.54) is 24.4 Å². The Kier molecular flexibility index (Phi) is 4.04. The van der Waals surface area contributed by atoms with Gasteiger partial charge in [0, 0.05) is 12.4 Å². The summed E-state index contributed by atoms with van der Waals surface area (Å²) in [5.41, 5.74) is 1.53. The summed E-state index contributed by atoms with van der Waals surface area (Å²) in [5, 5.41) is 3.43. The Morgan fingerprint density at radius 2 is 1.91 bits per heavy atom. The molecule has 0 radical (unpaired) electrons. The molecule has 1 aromatic carbocycles. The molecule has 1 aliphatic carbocycles. The lowest BCUT2D eigenvalue weighted by Gasteiger charge is -2.43. The number of aromatic nitrogens is 2. The van der Waals surface area contributed by atoms with Crippen LogP contribution in [0, 0.1) is 0 Å². The van der Waals surface area contributed by atoms with Crippen LogP contribution < -0.4 is 5.32 Å². The summed E-state index contributed by atoms with van der Waals surface area (Å²) in [7, 11) is 0. The monoisotopic (exact) mass is 297 g/mol. The molecular weight excluding hydrogens is 278 g/mol. The minimum absolute atomic E-state index is 0.0906. The molecule has 114 valence electrons. The summed E-state index contributed by atoms with van der Waals surface area (Å²) in [4.78, 5) is 20.1. The Morgan fingerprint density at radius 3 is 2.45 bits per heavy atom. The zero-order valence-corrected chi connectivity index (χ0v) is 12.6. The first-order chi connectivity index (χ1) is 10.7. The van der Waals surface area contributed by atoms with Crippen LogP contribution in [0.3, 0.4) is 0 Å². The normalized spacial score (nSPS) is 15.7. The molecule has 1 heterocycles. The van der Waals surface area contributed by atoms with Crippen LogP contribution in [0.2, 0.25) is 0 Å². The lowest BCUT2D eigenvalue weighted by molar-refractivity contribution is 0.0525. The van der Waals surface area contributed by atoms with Gasteiger partial charge in [-0.1, -0.05) is 30.3 Å². The Hall–Kier alpha value is -2.43. The number of ether oxygens (including phenoxy) is 1. The first kappa shape index (κ1) is 14.5. The minimum Gasteiger partial charge on any atom is -0.462 e. The Balaban J connectivity index is 1.76. The van der Waals surface area contributed by atoms with E-state index in [-0.39, 0.29) is 5.54 Å². The second-order valence-corrected chi connectivity index (χ2v) is 5.44. The molecule has 5 nitrogen and oxygen atoms in total. The predicted molar refractivity (Wildman–Crippen MR) is 83.6 cm³/mol. The van der Waals surface area contributed by atoms with E-state index >= 15 is 0 Å². The van der Waals surface area contributed by atoms with Crippen LogP contribution in [0.4, 0.5) is 5.95 Å². The van der Waals surface area contributed by atoms with Gasteiger partial charge in [-0.2, -0.15) is 0 Å². The second-order valence-electron chi connectivity index (χ2n) is 5.44. The molecule has 0 amide bonds. The van der Waals surface area contributed by atoms with Gasteiger partial charge in [-0.05, 0) is 31.7 Å². The quantitative estimate of drug-likeness (QED) is 0.859. The summed E-state index contributed by atoms with van der Waals surface area (Å²) >= 11 is 0. The fraction of sp³-hybridized carbons (Fsp3) is 0.353. The van der Waals surface area contributed by atoms with Gasteiger partial charge in [0.15, 0.2) is 0 Å². The third-order valence-electron chi connectivity index (χ3n) is 4.05. The van der Waals surface area contributed by atoms with Crippen LogP contribution in [0.1, 0.15) is 42.1 Å². The van der Waals surface area contributed by atoms with E-state index < -0.39 is 5.97 Å². The molecule has 1 fully saturated rings. The zero-order valence-electron chi connectivity index (χ0n) is 12.6. The van der Waals surface area contributed by atoms with Crippen molar-refractivity contribution in [3.05, 3.63) is 53.9 Å². The van der Waals surface area contributed by atoms with E-state index in [4.69, 9.17) is 4.74 Å². The van der Waals surface area contributed by atoms with Gasteiger partial charge in [-0.15, -0.1) is 0 Å². The van der Waals surface area contributed by atoms with Crippen LogP contribution in [0.5, 0.6) is 0 Å². The van der Waals surface area contributed by atoms with Gasteiger partial charge >= 0.3 is 5.97 Å². The number of esters is 1. The van der Waals surface area contributed by atoms with E-state index in [9.17, 15) is 4.79 Å². The van der Waals surface area contributed by atoms with E-state index in [0.717, 1.165) is 12.8 Å². The molecule has 0 spiro atoms. The fourth-order valence-corrected chi connectivity index (χ4v) is 2.70. The first-order valence-corrected chi connectivity index (χ1v) is 7.56. The van der Waals surface area contributed by atoms with Crippen molar-refractivity contribution < 1.29 is 9.53 Å². The van der Waals surface area contributed by atoms with Gasteiger partial charge in [-0.25, -0.2) is 14.8 Å². The number of carbonyl (C=O) groups is 1. The highest BCUT2D eigenvalue weighted by Gasteiger charge is 2.39. The molecule has 0 bridgehead atoms. The molecule has 0 saturated heterocycles. The van der Waals surface area contributed by atoms with Gasteiger partial charge in [0.05, 0.1) is 17.7 Å². The third-order valence-corrected chi connectivity index (χ3v) is 4.05. The van der Waals surface area contributed by atoms with Crippen LogP contribution in [0.25, 0.3) is 0 Å². The Morgan fingerprint density at radius 1 is 1.23 bits per heavy atom. The van der Waals surface area contributed by atoms with Crippen molar-refractivity contribution in [3.63, 3.8) is 0 Å². The summed E-state index contributed by atoms with van der Waals surface area (Å²) in [5.74, 6) is 0.145. The van der Waals surface area contributed by atoms with Crippen molar-refractivity contribution in [2.24, 2.45) is 0 Å². The van der Waals surface area contributed by atoms with Gasteiger partial charge < -0.3 is 10.1 Å². The lowest BCUT2D eigenvalue weighted by atomic mass is 9.72. The first-order valence-electron chi connectivity index (χ1n) is 7.56. The number of benzene rings is 1. The molecule has 1 N–H and O–H groups in total. The van der Waals surface area contributed by atoms with Crippen molar-refractivity contribution in [1.82, 2.24) is 9.97 Å². The Bertz CT molecular complexity index is 637. The predicted octanol–water partition coefficient (Wildman–Crippen LogP) is 3.14. The summed E-state index contributed by atoms with van der Waals surface area (Å²) < 4.78 is 4.93. The van der Waals surface area contributed by atoms with Gasteiger partial charge in [0.2, 0.25) is 5.95 Å². The van der Waals surface area contributed by atoms with Crippen molar-refractivity contribution in [2.45, 2.75) is 31.7 Å². The zero-order chi connectivity index (χ0) is 15.4. The molecule has 1 aromatic heterocycles. The number of anilines is 1. The van der Waals surface area contributed by atoms with Gasteiger partial charge in [0.1, 0.15) is 0 Å². The molecule has 0 atom stereocenters. The van der Waals surface area contributed by atoms with Gasteiger partial charge in [0.25, 0.3) is 0 Å². The summed E-state index contributed by atoms with van der Waals surface area (Å²) in [6.07, 6.45) is 6.30. The topological polar surface area (TPSA) is 64.1 Å². The maximum atomic E-state index is 11.6. The average Bonchev–Trinajstić information content (AvgIpc) is 2.52. The minimum atomic E-state index is -0.393. The molecule has 2 aromatic rings. The number of rotatable bonds is 5. The molecular formula is C17H19N3O2. The highest BCUT2D eigenvalue weighted by Crippen LogP contribution is 2.43. The largest absolute Gasteiger partial charge is 0.462 e. The molecule has 22 heavy (non-hydrogen) atoms. The van der Waals surface area contributed by atoms with Crippen LogP contribution in [0.15, 0.2) is 42.7 Å². The van der Waals surface area contributed by atoms with Crippen molar-refractivity contribution in [1.29, 1.82) is 0 Å². The number of nitrogens with zero attached hydrogens (tertiary/aromatic N) is 2. The summed E-state index contributed by atoms with van der Waals surface area (Å²) in [6.45, 7) is 2.12. The Labute approximate surface area is 129 Å². The second kappa shape index (κ2) is 6.13. The number of hydrogen-bond acceptors (Lipinski definition) is 5. The number of carbonyl (C=O) groups excluding carboxylic acids is 1. The smallest absolute Gasteiger partial charge is 0.341 e. The molecule has 0 aliphatic heterocycles. The van der Waals surface area contributed by atoms with Crippen molar-refractivity contribution >= 4 is 11.9 Å². The number of nitrogens with one attached hydrogen (secondary N) is 1. The molecule has 0 unspecified atom stereocenters. The standard InChI is InChI=1S/C17H19N3O2/c1-2-22-15(21)13-11-18-16(19-12-13)20-17(9-6-10-17)14-7-4-3-5-8-14/h3-5,7-8,11-12H,2,6,9-10H2,1H3,(H,18,19,20). The van der Waals surface area contributed by atoms with E-state index in [0.29, 0.717) is 18.1 Å². The highest BCUT2D eigenvalue weighted by atomic mass is 16.5. The fourth-order valence-electron chi connectivity index (χ4n) is 2.70. The van der Waals surface area contributed by atoms with Crippen LogP contribution in [-0.4, -0.2) is 22.5 Å². The molecule has 1 aliphatic rings. The van der Waals surface area contributed by atoms with Crippen molar-refractivity contribution in [3.8, 4) is 0 Å².